The van der Waals surface area contributed by atoms with Crippen molar-refractivity contribution in [3.63, 3.8) is 0 Å². The van der Waals surface area contributed by atoms with Gasteiger partial charge in [0.1, 0.15) is 5.75 Å². The molecule has 0 aliphatic heterocycles. The molecule has 0 aliphatic rings. The van der Waals surface area contributed by atoms with Crippen LogP contribution in [0, 0.1) is 0 Å². The van der Waals surface area contributed by atoms with E-state index in [1.807, 2.05) is 0 Å². The molecule has 1 rings (SSSR count). The minimum absolute atomic E-state index is 0.0908. The van der Waals surface area contributed by atoms with E-state index in [0.717, 1.165) is 5.56 Å². The van der Waals surface area contributed by atoms with E-state index in [1.54, 1.807) is 24.3 Å². The van der Waals surface area contributed by atoms with Gasteiger partial charge in [0, 0.05) is 13.1 Å². The van der Waals surface area contributed by atoms with Crippen molar-refractivity contribution in [3.8, 4) is 5.75 Å². The number of hydrogen-bond acceptors (Lipinski definition) is 4. The van der Waals surface area contributed by atoms with Crippen LogP contribution >= 0.6 is 0 Å². The summed E-state index contributed by atoms with van der Waals surface area (Å²) in [4.78, 5) is 11.5. The van der Waals surface area contributed by atoms with Gasteiger partial charge in [0.05, 0.1) is 19.6 Å². The van der Waals surface area contributed by atoms with Gasteiger partial charge in [-0.05, 0) is 17.7 Å². The minimum Gasteiger partial charge on any atom is -0.508 e. The van der Waals surface area contributed by atoms with Crippen LogP contribution in [-0.4, -0.2) is 37.3 Å². The molecule has 0 saturated carbocycles. The molecule has 5 nitrogen and oxygen atoms in total. The van der Waals surface area contributed by atoms with Crippen molar-refractivity contribution in [3.05, 3.63) is 29.8 Å². The van der Waals surface area contributed by atoms with Gasteiger partial charge in [-0.3, -0.25) is 4.79 Å². The summed E-state index contributed by atoms with van der Waals surface area (Å²) < 4.78 is 5.12. The molecule has 0 atom stereocenters. The van der Waals surface area contributed by atoms with Gasteiger partial charge >= 0.3 is 0 Å². The van der Waals surface area contributed by atoms with E-state index in [9.17, 15) is 9.90 Å². The molecule has 1 amide bonds. The molecule has 5 heteroatoms. The van der Waals surface area contributed by atoms with Crippen LogP contribution in [0.2, 0.25) is 0 Å². The molecule has 0 radical (unpaired) electrons. The first kappa shape index (κ1) is 13.5. The maximum absolute atomic E-state index is 11.5. The second-order valence-corrected chi connectivity index (χ2v) is 3.60. The number of nitrogens with two attached hydrogens (primary N) is 1. The maximum atomic E-state index is 11.5. The van der Waals surface area contributed by atoms with E-state index in [1.165, 1.54) is 0 Å². The Morgan fingerprint density at radius 2 is 2.24 bits per heavy atom. The Bertz CT molecular complexity index is 355. The summed E-state index contributed by atoms with van der Waals surface area (Å²) >= 11 is 0. The zero-order chi connectivity index (χ0) is 12.5. The summed E-state index contributed by atoms with van der Waals surface area (Å²) in [6.07, 6.45) is 0.255. The number of nitrogens with one attached hydrogen (secondary N) is 1. The Morgan fingerprint density at radius 1 is 1.41 bits per heavy atom. The summed E-state index contributed by atoms with van der Waals surface area (Å²) in [7, 11) is 0. The molecular formula is C12H18N2O3. The van der Waals surface area contributed by atoms with Crippen molar-refractivity contribution in [2.75, 3.05) is 26.3 Å². The predicted octanol–water partition coefficient (Wildman–Crippen LogP) is 0.0262. The monoisotopic (exact) mass is 238 g/mol. The lowest BCUT2D eigenvalue weighted by Gasteiger charge is -2.06. The third-order valence-electron chi connectivity index (χ3n) is 2.11. The molecule has 0 aromatic heterocycles. The Kier molecular flexibility index (Phi) is 6.06. The van der Waals surface area contributed by atoms with Crippen LogP contribution in [0.5, 0.6) is 5.75 Å². The molecule has 0 heterocycles. The van der Waals surface area contributed by atoms with Gasteiger partial charge in [-0.1, -0.05) is 12.1 Å². The Hall–Kier alpha value is -1.59. The number of carbonyl (C=O) groups excluding carboxylic acids is 1. The van der Waals surface area contributed by atoms with Crippen molar-refractivity contribution >= 4 is 5.91 Å². The highest BCUT2D eigenvalue weighted by Gasteiger charge is 2.03. The number of carbonyl (C=O) groups is 1. The molecular weight excluding hydrogens is 220 g/mol. The average Bonchev–Trinajstić information content (AvgIpc) is 2.29. The molecule has 0 unspecified atom stereocenters. The molecule has 17 heavy (non-hydrogen) atoms. The zero-order valence-corrected chi connectivity index (χ0v) is 9.69. The van der Waals surface area contributed by atoms with Crippen LogP contribution in [-0.2, 0) is 16.0 Å². The van der Waals surface area contributed by atoms with Crippen LogP contribution in [0.3, 0.4) is 0 Å². The molecule has 0 spiro atoms. The van der Waals surface area contributed by atoms with E-state index in [0.29, 0.717) is 26.3 Å². The van der Waals surface area contributed by atoms with Gasteiger partial charge in [0.25, 0.3) is 0 Å². The molecule has 0 bridgehead atoms. The predicted molar refractivity (Wildman–Crippen MR) is 64.7 cm³/mol. The van der Waals surface area contributed by atoms with Crippen molar-refractivity contribution in [1.82, 2.24) is 5.32 Å². The number of benzene rings is 1. The summed E-state index contributed by atoms with van der Waals surface area (Å²) in [6, 6.07) is 6.65. The number of hydrogen-bond donors (Lipinski definition) is 3. The lowest BCUT2D eigenvalue weighted by molar-refractivity contribution is -0.120. The van der Waals surface area contributed by atoms with E-state index in [-0.39, 0.29) is 18.1 Å². The summed E-state index contributed by atoms with van der Waals surface area (Å²) in [6.45, 7) is 1.92. The number of aromatic hydroxyl groups is 1. The number of rotatable bonds is 7. The molecule has 4 N–H and O–H groups in total. The topological polar surface area (TPSA) is 84.6 Å². The fourth-order valence-corrected chi connectivity index (χ4v) is 1.36. The van der Waals surface area contributed by atoms with Gasteiger partial charge in [0.15, 0.2) is 0 Å². The second kappa shape index (κ2) is 7.65. The third-order valence-corrected chi connectivity index (χ3v) is 2.11. The van der Waals surface area contributed by atoms with Gasteiger partial charge in [-0.25, -0.2) is 0 Å². The van der Waals surface area contributed by atoms with Gasteiger partial charge in [-0.15, -0.1) is 0 Å². The van der Waals surface area contributed by atoms with Gasteiger partial charge in [0.2, 0.25) is 5.91 Å². The lowest BCUT2D eigenvalue weighted by atomic mass is 10.1. The van der Waals surface area contributed by atoms with Crippen molar-refractivity contribution < 1.29 is 14.6 Å². The lowest BCUT2D eigenvalue weighted by Crippen LogP contribution is -2.29. The standard InChI is InChI=1S/C12H18N2O3/c13-4-6-17-7-5-14-12(16)9-10-2-1-3-11(15)8-10/h1-3,8,15H,4-7,9,13H2,(H,14,16). The largest absolute Gasteiger partial charge is 0.508 e. The highest BCUT2D eigenvalue weighted by atomic mass is 16.5. The SMILES string of the molecule is NCCOCCNC(=O)Cc1cccc(O)c1. The molecule has 1 aromatic carbocycles. The van der Waals surface area contributed by atoms with Crippen LogP contribution < -0.4 is 11.1 Å². The number of phenolic OH excluding ortho intramolecular Hbond substituents is 1. The number of ether oxygens (including phenoxy) is 1. The van der Waals surface area contributed by atoms with Gasteiger partial charge < -0.3 is 20.9 Å². The van der Waals surface area contributed by atoms with E-state index in [2.05, 4.69) is 5.32 Å². The molecule has 0 saturated heterocycles. The Morgan fingerprint density at radius 3 is 2.94 bits per heavy atom. The second-order valence-electron chi connectivity index (χ2n) is 3.60. The fourth-order valence-electron chi connectivity index (χ4n) is 1.36. The van der Waals surface area contributed by atoms with Crippen molar-refractivity contribution in [1.29, 1.82) is 0 Å². The molecule has 1 aromatic rings. The van der Waals surface area contributed by atoms with Crippen LogP contribution in [0.25, 0.3) is 0 Å². The fraction of sp³-hybridized carbons (Fsp3) is 0.417. The quantitative estimate of drug-likeness (QED) is 0.585. The van der Waals surface area contributed by atoms with E-state index >= 15 is 0 Å². The molecule has 0 fully saturated rings. The Balaban J connectivity index is 2.21. The van der Waals surface area contributed by atoms with Crippen molar-refractivity contribution in [2.45, 2.75) is 6.42 Å². The minimum atomic E-state index is -0.0908. The summed E-state index contributed by atoms with van der Waals surface area (Å²) in [5.74, 6) is 0.0773. The third kappa shape index (κ3) is 5.89. The molecule has 0 aliphatic carbocycles. The van der Waals surface area contributed by atoms with Crippen LogP contribution in [0.1, 0.15) is 5.56 Å². The normalized spacial score (nSPS) is 10.2. The highest BCUT2D eigenvalue weighted by Crippen LogP contribution is 2.10. The first-order valence-corrected chi connectivity index (χ1v) is 5.55. The zero-order valence-electron chi connectivity index (χ0n) is 9.69. The Labute approximate surface area is 101 Å². The molecule has 94 valence electrons. The van der Waals surface area contributed by atoms with Gasteiger partial charge in [-0.2, -0.15) is 0 Å². The number of amides is 1. The number of phenols is 1. The first-order valence-electron chi connectivity index (χ1n) is 5.55. The average molecular weight is 238 g/mol. The first-order chi connectivity index (χ1) is 8.22. The van der Waals surface area contributed by atoms with Crippen LogP contribution in [0.15, 0.2) is 24.3 Å². The van der Waals surface area contributed by atoms with Crippen LogP contribution in [0.4, 0.5) is 0 Å². The summed E-state index contributed by atoms with van der Waals surface area (Å²) in [5, 5.41) is 12.0. The highest BCUT2D eigenvalue weighted by molar-refractivity contribution is 5.78. The smallest absolute Gasteiger partial charge is 0.224 e. The maximum Gasteiger partial charge on any atom is 0.224 e. The summed E-state index contributed by atoms with van der Waals surface area (Å²) in [5.41, 5.74) is 6.03. The van der Waals surface area contributed by atoms with E-state index in [4.69, 9.17) is 10.5 Å². The van der Waals surface area contributed by atoms with Crippen molar-refractivity contribution in [2.24, 2.45) is 5.73 Å². The van der Waals surface area contributed by atoms with E-state index < -0.39 is 0 Å².